The zero-order valence-electron chi connectivity index (χ0n) is 54.6. The van der Waals surface area contributed by atoms with Crippen LogP contribution in [0.25, 0.3) is 0 Å². The van der Waals surface area contributed by atoms with Gasteiger partial charge in [-0.1, -0.05) is 392 Å². The maximum Gasteiger partial charge on any atom is 0.305 e. The van der Waals surface area contributed by atoms with Gasteiger partial charge in [0.15, 0.2) is 0 Å². The van der Waals surface area contributed by atoms with Gasteiger partial charge in [-0.3, -0.25) is 9.59 Å². The number of carbonyl (C=O) groups is 2. The average Bonchev–Trinajstić information content (AvgIpc) is 3.46. The molecule has 0 fully saturated rings. The summed E-state index contributed by atoms with van der Waals surface area (Å²) in [7, 11) is 0. The van der Waals surface area contributed by atoms with Gasteiger partial charge < -0.3 is 20.3 Å². The van der Waals surface area contributed by atoms with E-state index >= 15 is 0 Å². The van der Waals surface area contributed by atoms with Crippen LogP contribution in [-0.2, 0) is 14.3 Å². The molecular formula is C74H145NO5. The number of esters is 1. The lowest BCUT2D eigenvalue weighted by Gasteiger charge is -2.20. The Bertz CT molecular complexity index is 1210. The molecule has 0 aromatic carbocycles. The molecule has 0 bridgehead atoms. The fraction of sp³-hybridized carbons (Fsp3) is 0.946. The Morgan fingerprint density at radius 3 is 0.850 bits per heavy atom. The molecule has 1 amide bonds. The lowest BCUT2D eigenvalue weighted by Crippen LogP contribution is -2.45. The van der Waals surface area contributed by atoms with Gasteiger partial charge in [-0.25, -0.2) is 0 Å². The number of nitrogens with one attached hydrogen (secondary N) is 1. The van der Waals surface area contributed by atoms with Crippen LogP contribution in [-0.4, -0.2) is 47.4 Å². The fourth-order valence-corrected chi connectivity index (χ4v) is 11.9. The maximum absolute atomic E-state index is 12.5. The van der Waals surface area contributed by atoms with Crippen molar-refractivity contribution in [3.8, 4) is 0 Å². The third-order valence-corrected chi connectivity index (χ3v) is 17.6. The number of rotatable bonds is 70. The molecule has 0 saturated heterocycles. The van der Waals surface area contributed by atoms with Crippen LogP contribution in [0, 0.1) is 0 Å². The quantitative estimate of drug-likeness (QED) is 0.0320. The smallest absolute Gasteiger partial charge is 0.305 e. The van der Waals surface area contributed by atoms with Crippen LogP contribution in [0.3, 0.4) is 0 Å². The Kier molecular flexibility index (Phi) is 68.9. The van der Waals surface area contributed by atoms with Gasteiger partial charge in [0, 0.05) is 12.8 Å². The largest absolute Gasteiger partial charge is 0.466 e. The average molecular weight is 1130 g/mol. The summed E-state index contributed by atoms with van der Waals surface area (Å²) in [5.74, 6) is -0.0380. The molecule has 0 aliphatic heterocycles. The zero-order valence-corrected chi connectivity index (χ0v) is 54.6. The molecule has 2 atom stereocenters. The summed E-state index contributed by atoms with van der Waals surface area (Å²) in [4.78, 5) is 24.6. The van der Waals surface area contributed by atoms with Crippen molar-refractivity contribution in [2.24, 2.45) is 0 Å². The number of ether oxygens (including phenoxy) is 1. The summed E-state index contributed by atoms with van der Waals surface area (Å²) in [6.07, 6.45) is 87.3. The molecule has 0 aromatic heterocycles. The molecule has 0 rings (SSSR count). The van der Waals surface area contributed by atoms with Crippen LogP contribution >= 0.6 is 0 Å². The molecule has 3 N–H and O–H groups in total. The summed E-state index contributed by atoms with van der Waals surface area (Å²) in [5.41, 5.74) is 0. The number of amides is 1. The first-order valence-electron chi connectivity index (χ1n) is 37.0. The molecule has 80 heavy (non-hydrogen) atoms. The van der Waals surface area contributed by atoms with Crippen LogP contribution in [0.4, 0.5) is 0 Å². The highest BCUT2D eigenvalue weighted by atomic mass is 16.5. The van der Waals surface area contributed by atoms with E-state index in [1.165, 1.54) is 360 Å². The second-order valence-electron chi connectivity index (χ2n) is 25.6. The Hall–Kier alpha value is -1.40. The molecule has 0 aliphatic rings. The molecule has 0 aliphatic carbocycles. The highest BCUT2D eigenvalue weighted by molar-refractivity contribution is 5.76. The predicted octanol–water partition coefficient (Wildman–Crippen LogP) is 23.9. The molecule has 0 radical (unpaired) electrons. The molecule has 6 heteroatoms. The molecule has 6 nitrogen and oxygen atoms in total. The summed E-state index contributed by atoms with van der Waals surface area (Å²) in [6, 6.07) is -0.626. The van der Waals surface area contributed by atoms with Crippen molar-refractivity contribution in [3.05, 3.63) is 12.2 Å². The van der Waals surface area contributed by atoms with E-state index < -0.39 is 12.1 Å². The van der Waals surface area contributed by atoms with Crippen LogP contribution in [0.1, 0.15) is 425 Å². The Morgan fingerprint density at radius 1 is 0.338 bits per heavy atom. The zero-order chi connectivity index (χ0) is 57.8. The van der Waals surface area contributed by atoms with Crippen molar-refractivity contribution >= 4 is 11.9 Å². The van der Waals surface area contributed by atoms with Crippen molar-refractivity contribution in [1.82, 2.24) is 5.32 Å². The number of unbranched alkanes of at least 4 members (excludes halogenated alkanes) is 59. The Morgan fingerprint density at radius 2 is 0.575 bits per heavy atom. The monoisotopic (exact) mass is 1130 g/mol. The minimum absolute atomic E-state index is 0.0228. The number of hydrogen-bond donors (Lipinski definition) is 3. The number of allylic oxidation sites excluding steroid dienone is 1. The van der Waals surface area contributed by atoms with Gasteiger partial charge in [0.1, 0.15) is 0 Å². The molecule has 0 aromatic rings. The van der Waals surface area contributed by atoms with E-state index in [0.717, 1.165) is 38.5 Å². The van der Waals surface area contributed by atoms with E-state index in [2.05, 4.69) is 19.2 Å². The topological polar surface area (TPSA) is 95.9 Å². The van der Waals surface area contributed by atoms with Gasteiger partial charge in [-0.05, 0) is 32.1 Å². The summed E-state index contributed by atoms with van der Waals surface area (Å²) in [6.45, 7) is 4.96. The highest BCUT2D eigenvalue weighted by Gasteiger charge is 2.18. The first-order valence-corrected chi connectivity index (χ1v) is 37.0. The minimum Gasteiger partial charge on any atom is -0.466 e. The molecule has 476 valence electrons. The van der Waals surface area contributed by atoms with Gasteiger partial charge in [0.05, 0.1) is 25.4 Å². The number of aliphatic hydroxyl groups excluding tert-OH is 2. The van der Waals surface area contributed by atoms with Crippen LogP contribution < -0.4 is 5.32 Å². The van der Waals surface area contributed by atoms with Gasteiger partial charge in [0.2, 0.25) is 5.91 Å². The molecular weight excluding hydrogens is 983 g/mol. The predicted molar refractivity (Wildman–Crippen MR) is 352 cm³/mol. The fourth-order valence-electron chi connectivity index (χ4n) is 11.9. The van der Waals surface area contributed by atoms with Crippen molar-refractivity contribution in [2.45, 2.75) is 437 Å². The van der Waals surface area contributed by atoms with Crippen LogP contribution in [0.2, 0.25) is 0 Å². The SMILES string of the molecule is CCCCCCCCCCCCCCCCCCC/C=C/C(O)C(CO)NC(=O)CCCCCCCCCCCCCCCCCCCCCCCCCCCCCOC(=O)CCCCCCCCCCCCCCCCCCC. The van der Waals surface area contributed by atoms with Crippen molar-refractivity contribution in [3.63, 3.8) is 0 Å². The minimum atomic E-state index is -0.843. The number of carbonyl (C=O) groups excluding carboxylic acids is 2. The van der Waals surface area contributed by atoms with Crippen LogP contribution in [0.15, 0.2) is 12.2 Å². The van der Waals surface area contributed by atoms with Gasteiger partial charge in [-0.2, -0.15) is 0 Å². The summed E-state index contributed by atoms with van der Waals surface area (Å²) >= 11 is 0. The van der Waals surface area contributed by atoms with E-state index in [1.807, 2.05) is 6.08 Å². The maximum atomic E-state index is 12.5. The molecule has 2 unspecified atom stereocenters. The van der Waals surface area contributed by atoms with E-state index in [4.69, 9.17) is 4.74 Å². The second-order valence-corrected chi connectivity index (χ2v) is 25.6. The Balaban J connectivity index is 3.35. The van der Waals surface area contributed by atoms with E-state index in [9.17, 15) is 19.8 Å². The Labute approximate surface area is 501 Å². The van der Waals surface area contributed by atoms with Crippen molar-refractivity contribution in [1.29, 1.82) is 0 Å². The lowest BCUT2D eigenvalue weighted by molar-refractivity contribution is -0.143. The van der Waals surface area contributed by atoms with E-state index in [1.54, 1.807) is 6.08 Å². The molecule has 0 spiro atoms. The van der Waals surface area contributed by atoms with Crippen LogP contribution in [0.5, 0.6) is 0 Å². The van der Waals surface area contributed by atoms with E-state index in [0.29, 0.717) is 19.4 Å². The standard InChI is InChI=1S/C74H145NO5/c1-3-5-7-9-11-13-15-17-19-21-31-35-38-42-46-50-54-58-62-66-72(77)71(70-76)75-73(78)67-63-59-55-51-47-43-39-36-32-29-27-25-23-22-24-26-28-30-33-37-41-45-49-53-57-61-65-69-80-74(79)68-64-60-56-52-48-44-40-34-20-18-16-14-12-10-8-6-4-2/h62,66,71-72,76-77H,3-61,63-65,67-70H2,1-2H3,(H,75,78)/b66-62+. The highest BCUT2D eigenvalue weighted by Crippen LogP contribution is 2.20. The first-order chi connectivity index (χ1) is 39.5. The van der Waals surface area contributed by atoms with Crippen molar-refractivity contribution in [2.75, 3.05) is 13.2 Å². The molecule has 0 saturated carbocycles. The number of aliphatic hydroxyl groups is 2. The molecule has 0 heterocycles. The van der Waals surface area contributed by atoms with Gasteiger partial charge in [-0.15, -0.1) is 0 Å². The van der Waals surface area contributed by atoms with Gasteiger partial charge in [0.25, 0.3) is 0 Å². The number of hydrogen-bond acceptors (Lipinski definition) is 5. The second kappa shape index (κ2) is 70.1. The third-order valence-electron chi connectivity index (χ3n) is 17.6. The van der Waals surface area contributed by atoms with Crippen molar-refractivity contribution < 1.29 is 24.5 Å². The van der Waals surface area contributed by atoms with E-state index in [-0.39, 0.29) is 18.5 Å². The third kappa shape index (κ3) is 65.7. The lowest BCUT2D eigenvalue weighted by atomic mass is 10.0. The summed E-state index contributed by atoms with van der Waals surface area (Å²) < 4.78 is 5.51. The normalized spacial score (nSPS) is 12.5. The summed E-state index contributed by atoms with van der Waals surface area (Å²) in [5, 5.41) is 23.2. The van der Waals surface area contributed by atoms with Gasteiger partial charge >= 0.3 is 5.97 Å². The first kappa shape index (κ1) is 78.6.